The summed E-state index contributed by atoms with van der Waals surface area (Å²) < 4.78 is 0. The Balaban J connectivity index is 1.56. The second kappa shape index (κ2) is 17.6. The molecule has 0 N–H and O–H groups in total. The van der Waals surface area contributed by atoms with Crippen LogP contribution in [0.1, 0.15) is 127 Å². The summed E-state index contributed by atoms with van der Waals surface area (Å²) >= 11 is 3.33. The third kappa shape index (κ3) is 8.08. The average molecular weight is 685 g/mol. The fraction of sp³-hybridized carbons (Fsp3) is 0.524. The first-order valence-electron chi connectivity index (χ1n) is 18.8. The van der Waals surface area contributed by atoms with Gasteiger partial charge >= 0.3 is 0 Å². The maximum Gasteiger partial charge on any atom is 0.261 e. The minimum absolute atomic E-state index is 0.00168. The number of hydrogen-bond donors (Lipinski definition) is 0. The van der Waals surface area contributed by atoms with Gasteiger partial charge in [0.15, 0.2) is 0 Å². The van der Waals surface area contributed by atoms with Gasteiger partial charge in [-0.1, -0.05) is 123 Å². The van der Waals surface area contributed by atoms with E-state index in [1.807, 2.05) is 15.9 Å². The summed E-state index contributed by atoms with van der Waals surface area (Å²) in [5.74, 6) is 0.791. The van der Waals surface area contributed by atoms with Gasteiger partial charge in [-0.05, 0) is 72.2 Å². The second-order valence-electron chi connectivity index (χ2n) is 13.8. The van der Waals surface area contributed by atoms with Gasteiger partial charge in [0.05, 0.1) is 32.3 Å². The lowest BCUT2D eigenvalue weighted by atomic mass is 9.98. The molecule has 0 spiro atoms. The van der Waals surface area contributed by atoms with Crippen LogP contribution in [-0.2, 0) is 16.0 Å². The molecule has 2 atom stereocenters. The van der Waals surface area contributed by atoms with Crippen LogP contribution >= 0.6 is 22.7 Å². The lowest BCUT2D eigenvalue weighted by Crippen LogP contribution is -2.34. The van der Waals surface area contributed by atoms with Gasteiger partial charge in [0, 0.05) is 18.0 Å². The first-order chi connectivity index (χ1) is 23.4. The number of carbonyl (C=O) groups is 2. The highest BCUT2D eigenvalue weighted by molar-refractivity contribution is 7.16. The van der Waals surface area contributed by atoms with Gasteiger partial charge in [0.2, 0.25) is 0 Å². The number of benzene rings is 1. The molecule has 2 unspecified atom stereocenters. The monoisotopic (exact) mass is 684 g/mol. The van der Waals surface area contributed by atoms with E-state index in [4.69, 9.17) is 0 Å². The number of hydrogen-bond acceptors (Lipinski definition) is 4. The molecule has 0 saturated heterocycles. The highest BCUT2D eigenvalue weighted by Gasteiger charge is 2.49. The third-order valence-corrected chi connectivity index (χ3v) is 12.3. The van der Waals surface area contributed by atoms with E-state index in [0.29, 0.717) is 36.1 Å². The number of carbonyl (C=O) groups excluding carboxylic acids is 2. The molecular formula is C42H56N2O2S2. The SMILES string of the molecule is CCCCCCc1ccc(-c2ccc(C3=C4C(=O)N(CC(CC)CCCC)C(c5cccs5)=C4C(=O)N3CC(CC)CCCC)s2)cc1. The van der Waals surface area contributed by atoms with Crippen molar-refractivity contribution in [1.82, 2.24) is 9.80 Å². The number of rotatable bonds is 20. The minimum Gasteiger partial charge on any atom is -0.306 e. The smallest absolute Gasteiger partial charge is 0.261 e. The Hall–Kier alpha value is -2.96. The number of aryl methyl sites for hydroxylation is 1. The molecule has 4 heterocycles. The Morgan fingerprint density at radius 3 is 1.69 bits per heavy atom. The summed E-state index contributed by atoms with van der Waals surface area (Å²) in [6.07, 6.45) is 15.0. The molecule has 6 heteroatoms. The van der Waals surface area contributed by atoms with Gasteiger partial charge < -0.3 is 9.80 Å². The van der Waals surface area contributed by atoms with E-state index in [-0.39, 0.29) is 11.8 Å². The molecule has 0 aliphatic carbocycles. The van der Waals surface area contributed by atoms with Crippen molar-refractivity contribution < 1.29 is 9.59 Å². The van der Waals surface area contributed by atoms with Crippen molar-refractivity contribution >= 4 is 45.9 Å². The van der Waals surface area contributed by atoms with Gasteiger partial charge in [-0.15, -0.1) is 22.7 Å². The molecule has 0 radical (unpaired) electrons. The summed E-state index contributed by atoms with van der Waals surface area (Å²) in [4.78, 5) is 36.6. The number of thiophene rings is 2. The van der Waals surface area contributed by atoms with Crippen molar-refractivity contribution in [3.8, 4) is 10.4 Å². The molecule has 2 aliphatic rings. The van der Waals surface area contributed by atoms with Gasteiger partial charge in [-0.3, -0.25) is 9.59 Å². The first kappa shape index (κ1) is 36.3. The third-order valence-electron chi connectivity index (χ3n) is 10.3. The van der Waals surface area contributed by atoms with Gasteiger partial charge in [0.25, 0.3) is 11.8 Å². The second-order valence-corrected chi connectivity index (χ2v) is 15.8. The standard InChI is InChI=1S/C42H56N2O2S2/c1-6-11-14-15-19-32-21-23-33(24-22-32)34-25-26-36(48-34)40-38-37(41(45)44(40)29-31(10-5)18-13-8-3)39(35-20-16-27-47-35)43(42(38)46)28-30(9-4)17-12-7-2/h16,20-27,30-31H,6-15,17-19,28-29H2,1-5H3. The zero-order valence-corrected chi connectivity index (χ0v) is 31.6. The molecule has 0 saturated carbocycles. The van der Waals surface area contributed by atoms with Crippen LogP contribution < -0.4 is 0 Å². The predicted octanol–water partition coefficient (Wildman–Crippen LogP) is 11.8. The van der Waals surface area contributed by atoms with E-state index in [2.05, 4.69) is 82.5 Å². The molecule has 5 rings (SSSR count). The van der Waals surface area contributed by atoms with E-state index in [1.165, 1.54) is 41.7 Å². The maximum absolute atomic E-state index is 14.7. The van der Waals surface area contributed by atoms with Crippen molar-refractivity contribution in [1.29, 1.82) is 0 Å². The Bertz CT molecular complexity index is 1560. The van der Waals surface area contributed by atoms with Crippen molar-refractivity contribution in [2.45, 2.75) is 118 Å². The molecule has 0 bridgehead atoms. The fourth-order valence-electron chi connectivity index (χ4n) is 7.23. The molecule has 4 nitrogen and oxygen atoms in total. The minimum atomic E-state index is -0.00168. The van der Waals surface area contributed by atoms with Crippen LogP contribution in [0.5, 0.6) is 0 Å². The Labute approximate surface area is 297 Å². The Kier molecular flexibility index (Phi) is 13.3. The van der Waals surface area contributed by atoms with Gasteiger partial charge in [-0.2, -0.15) is 0 Å². The number of amides is 2. The Morgan fingerprint density at radius 2 is 1.17 bits per heavy atom. The predicted molar refractivity (Wildman–Crippen MR) is 206 cm³/mol. The quantitative estimate of drug-likeness (QED) is 0.111. The highest BCUT2D eigenvalue weighted by atomic mass is 32.1. The van der Waals surface area contributed by atoms with Crippen LogP contribution in [0.15, 0.2) is 65.1 Å². The molecule has 3 aromatic rings. The molecule has 0 fully saturated rings. The van der Waals surface area contributed by atoms with Crippen molar-refractivity contribution in [3.05, 3.63) is 80.4 Å². The van der Waals surface area contributed by atoms with Crippen molar-refractivity contribution in [3.63, 3.8) is 0 Å². The molecule has 258 valence electrons. The Morgan fingerprint density at radius 1 is 0.604 bits per heavy atom. The molecule has 48 heavy (non-hydrogen) atoms. The molecular weight excluding hydrogens is 629 g/mol. The highest BCUT2D eigenvalue weighted by Crippen LogP contribution is 2.49. The average Bonchev–Trinajstić information content (AvgIpc) is 3.91. The van der Waals surface area contributed by atoms with E-state index >= 15 is 0 Å². The fourth-order valence-corrected chi connectivity index (χ4v) is 9.09. The van der Waals surface area contributed by atoms with E-state index in [0.717, 1.165) is 78.9 Å². The normalized spacial score (nSPS) is 16.1. The summed E-state index contributed by atoms with van der Waals surface area (Å²) in [6, 6.07) is 17.4. The van der Waals surface area contributed by atoms with Crippen LogP contribution in [0, 0.1) is 11.8 Å². The topological polar surface area (TPSA) is 40.6 Å². The van der Waals surface area contributed by atoms with Crippen LogP contribution in [0.25, 0.3) is 21.8 Å². The van der Waals surface area contributed by atoms with Crippen LogP contribution in [0.3, 0.4) is 0 Å². The van der Waals surface area contributed by atoms with E-state index in [9.17, 15) is 9.59 Å². The lowest BCUT2D eigenvalue weighted by Gasteiger charge is -2.29. The molecule has 2 aromatic heterocycles. The number of unbranched alkanes of at least 4 members (excludes halogenated alkanes) is 5. The largest absolute Gasteiger partial charge is 0.306 e. The van der Waals surface area contributed by atoms with Crippen LogP contribution in [0.4, 0.5) is 0 Å². The van der Waals surface area contributed by atoms with E-state index in [1.54, 1.807) is 22.7 Å². The van der Waals surface area contributed by atoms with Crippen LogP contribution in [-0.4, -0.2) is 34.7 Å². The van der Waals surface area contributed by atoms with Gasteiger partial charge in [0.1, 0.15) is 0 Å². The zero-order valence-electron chi connectivity index (χ0n) is 30.0. The first-order valence-corrected chi connectivity index (χ1v) is 20.5. The maximum atomic E-state index is 14.7. The molecule has 2 amide bonds. The van der Waals surface area contributed by atoms with Crippen molar-refractivity contribution in [2.24, 2.45) is 11.8 Å². The summed E-state index contributed by atoms with van der Waals surface area (Å²) in [5, 5.41) is 2.06. The summed E-state index contributed by atoms with van der Waals surface area (Å²) in [6.45, 7) is 12.5. The molecule has 1 aromatic carbocycles. The zero-order chi connectivity index (χ0) is 34.0. The lowest BCUT2D eigenvalue weighted by molar-refractivity contribution is -0.124. The molecule has 2 aliphatic heterocycles. The van der Waals surface area contributed by atoms with Crippen molar-refractivity contribution in [2.75, 3.05) is 13.1 Å². The summed E-state index contributed by atoms with van der Waals surface area (Å²) in [7, 11) is 0. The number of nitrogens with zero attached hydrogens (tertiary/aromatic N) is 2. The number of fused-ring (bicyclic) bond motifs is 1. The van der Waals surface area contributed by atoms with E-state index < -0.39 is 0 Å². The van der Waals surface area contributed by atoms with Crippen LogP contribution in [0.2, 0.25) is 0 Å². The summed E-state index contributed by atoms with van der Waals surface area (Å²) in [5.41, 5.74) is 5.48. The van der Waals surface area contributed by atoms with Gasteiger partial charge in [-0.25, -0.2) is 0 Å².